The number of fused-ring (bicyclic) bond motifs is 1. The normalized spacial score (nSPS) is 10.6. The zero-order chi connectivity index (χ0) is 20.4. The summed E-state index contributed by atoms with van der Waals surface area (Å²) in [5, 5.41) is 6.45. The lowest BCUT2D eigenvalue weighted by Crippen LogP contribution is -1.97. The van der Waals surface area contributed by atoms with Gasteiger partial charge in [-0.3, -0.25) is 0 Å². The molecule has 0 spiro atoms. The van der Waals surface area contributed by atoms with Crippen LogP contribution in [0.25, 0.3) is 16.6 Å². The minimum absolute atomic E-state index is 0.557. The van der Waals surface area contributed by atoms with Gasteiger partial charge < -0.3 is 4.74 Å². The molecule has 0 aliphatic carbocycles. The number of halogens is 2. The average molecular weight is 514 g/mol. The molecular formula is C23H17ClIN3O. The van der Waals surface area contributed by atoms with Crippen LogP contribution in [-0.4, -0.2) is 14.8 Å². The highest BCUT2D eigenvalue weighted by Gasteiger charge is 2.15. The van der Waals surface area contributed by atoms with Crippen LogP contribution in [0.2, 0.25) is 5.02 Å². The Morgan fingerprint density at radius 3 is 2.69 bits per heavy atom. The first-order valence-corrected chi connectivity index (χ1v) is 10.6. The topological polar surface area (TPSA) is 39.9 Å². The molecule has 0 atom stereocenters. The Balaban J connectivity index is 1.91. The highest BCUT2D eigenvalue weighted by Crippen LogP contribution is 2.33. The maximum Gasteiger partial charge on any atom is 0.232 e. The molecule has 2 heterocycles. The molecule has 0 N–H and O–H groups in total. The summed E-state index contributed by atoms with van der Waals surface area (Å²) in [6.45, 7) is 4.02. The minimum Gasteiger partial charge on any atom is -0.437 e. The predicted octanol–water partition coefficient (Wildman–Crippen LogP) is 6.54. The van der Waals surface area contributed by atoms with Gasteiger partial charge in [-0.25, -0.2) is 9.67 Å². The van der Waals surface area contributed by atoms with E-state index < -0.39 is 0 Å². The summed E-state index contributed by atoms with van der Waals surface area (Å²) < 4.78 is 9.01. The molecule has 0 saturated carbocycles. The van der Waals surface area contributed by atoms with Gasteiger partial charge in [0.05, 0.1) is 26.0 Å². The summed E-state index contributed by atoms with van der Waals surface area (Å²) in [6, 6.07) is 15.5. The molecule has 2 aromatic heterocycles. The van der Waals surface area contributed by atoms with Gasteiger partial charge in [-0.2, -0.15) is 5.10 Å². The molecule has 4 nitrogen and oxygen atoms in total. The van der Waals surface area contributed by atoms with E-state index in [9.17, 15) is 0 Å². The first kappa shape index (κ1) is 19.7. The van der Waals surface area contributed by atoms with Gasteiger partial charge in [0.2, 0.25) is 5.88 Å². The zero-order valence-electron chi connectivity index (χ0n) is 15.9. The van der Waals surface area contributed by atoms with Gasteiger partial charge in [0.25, 0.3) is 0 Å². The molecule has 29 heavy (non-hydrogen) atoms. The number of hydrogen-bond acceptors (Lipinski definition) is 3. The van der Waals surface area contributed by atoms with Crippen LogP contribution >= 0.6 is 34.2 Å². The number of aromatic nitrogens is 3. The second-order valence-electron chi connectivity index (χ2n) is 6.39. The summed E-state index contributed by atoms with van der Waals surface area (Å²) in [4.78, 5) is 4.36. The molecular weight excluding hydrogens is 497 g/mol. The fraction of sp³-hybridized carbons (Fsp3) is 0.130. The molecule has 0 saturated heterocycles. The highest BCUT2D eigenvalue weighted by molar-refractivity contribution is 14.1. The summed E-state index contributed by atoms with van der Waals surface area (Å²) in [5.74, 6) is 7.57. The van der Waals surface area contributed by atoms with Gasteiger partial charge >= 0.3 is 0 Å². The lowest BCUT2D eigenvalue weighted by atomic mass is 10.1. The van der Waals surface area contributed by atoms with Crippen molar-refractivity contribution in [1.82, 2.24) is 14.8 Å². The number of benzene rings is 2. The Hall–Kier alpha value is -2.56. The van der Waals surface area contributed by atoms with E-state index in [-0.39, 0.29) is 0 Å². The molecule has 6 heteroatoms. The van der Waals surface area contributed by atoms with Crippen LogP contribution in [0.4, 0.5) is 0 Å². The van der Waals surface area contributed by atoms with Crippen molar-refractivity contribution in [3.63, 3.8) is 0 Å². The largest absolute Gasteiger partial charge is 0.437 e. The molecule has 0 radical (unpaired) electrons. The van der Waals surface area contributed by atoms with Gasteiger partial charge in [-0.1, -0.05) is 30.4 Å². The van der Waals surface area contributed by atoms with Crippen LogP contribution in [0.3, 0.4) is 0 Å². The van der Waals surface area contributed by atoms with Crippen LogP contribution in [-0.2, 0) is 0 Å². The monoisotopic (exact) mass is 513 g/mol. The van der Waals surface area contributed by atoms with Crippen LogP contribution in [0.1, 0.15) is 24.6 Å². The molecule has 4 rings (SSSR count). The van der Waals surface area contributed by atoms with Gasteiger partial charge in [0, 0.05) is 29.1 Å². The lowest BCUT2D eigenvalue weighted by molar-refractivity contribution is 0.458. The first-order valence-electron chi connectivity index (χ1n) is 9.13. The standard InChI is InChI=1S/C23H17ClIN3O/c1-3-4-6-16-13-19-15(2)27-28(18-10-8-17(24)9-11-18)21(19)14-22(16)29-23-20(25)7-5-12-26-23/h5,7-14H,3H2,1-2H3. The summed E-state index contributed by atoms with van der Waals surface area (Å²) >= 11 is 8.26. The molecule has 144 valence electrons. The number of nitrogens with zero attached hydrogens (tertiary/aromatic N) is 3. The average Bonchev–Trinajstić information content (AvgIpc) is 3.04. The SMILES string of the molecule is CCC#Cc1cc2c(C)nn(-c3ccc(Cl)cc3)c2cc1Oc1ncccc1I. The highest BCUT2D eigenvalue weighted by atomic mass is 127. The Morgan fingerprint density at radius 1 is 1.17 bits per heavy atom. The summed E-state index contributed by atoms with van der Waals surface area (Å²) in [7, 11) is 0. The number of hydrogen-bond donors (Lipinski definition) is 0. The minimum atomic E-state index is 0.557. The molecule has 4 aromatic rings. The van der Waals surface area contributed by atoms with E-state index in [0.29, 0.717) is 16.7 Å². The molecule has 0 fully saturated rings. The van der Waals surface area contributed by atoms with Crippen molar-refractivity contribution in [2.24, 2.45) is 0 Å². The van der Waals surface area contributed by atoms with E-state index in [4.69, 9.17) is 21.4 Å². The third kappa shape index (κ3) is 4.09. The van der Waals surface area contributed by atoms with E-state index in [1.807, 2.05) is 67.1 Å². The van der Waals surface area contributed by atoms with Gasteiger partial charge in [-0.15, -0.1) is 0 Å². The van der Waals surface area contributed by atoms with E-state index in [0.717, 1.165) is 37.8 Å². The van der Waals surface area contributed by atoms with E-state index in [1.165, 1.54) is 0 Å². The van der Waals surface area contributed by atoms with Crippen LogP contribution in [0.5, 0.6) is 11.6 Å². The summed E-state index contributed by atoms with van der Waals surface area (Å²) in [5.41, 5.74) is 3.61. The third-order valence-electron chi connectivity index (χ3n) is 4.37. The van der Waals surface area contributed by atoms with Crippen molar-refractivity contribution in [3.05, 3.63) is 74.6 Å². The Labute approximate surface area is 188 Å². The van der Waals surface area contributed by atoms with Crippen molar-refractivity contribution in [2.75, 3.05) is 0 Å². The van der Waals surface area contributed by atoms with Crippen molar-refractivity contribution < 1.29 is 4.74 Å². The summed E-state index contributed by atoms with van der Waals surface area (Å²) in [6.07, 6.45) is 2.48. The predicted molar refractivity (Wildman–Crippen MR) is 125 cm³/mol. The van der Waals surface area contributed by atoms with Crippen molar-refractivity contribution in [1.29, 1.82) is 0 Å². The van der Waals surface area contributed by atoms with Crippen LogP contribution in [0, 0.1) is 22.3 Å². The quantitative estimate of drug-likeness (QED) is 0.231. The number of pyridine rings is 1. The molecule has 0 unspecified atom stereocenters. The first-order chi connectivity index (χ1) is 14.1. The van der Waals surface area contributed by atoms with E-state index in [2.05, 4.69) is 39.4 Å². The van der Waals surface area contributed by atoms with Crippen LogP contribution < -0.4 is 4.74 Å². The van der Waals surface area contributed by atoms with Crippen molar-refractivity contribution in [3.8, 4) is 29.2 Å². The van der Waals surface area contributed by atoms with Gasteiger partial charge in [0.15, 0.2) is 0 Å². The Bertz CT molecular complexity index is 1250. The zero-order valence-corrected chi connectivity index (χ0v) is 18.8. The van der Waals surface area contributed by atoms with E-state index >= 15 is 0 Å². The maximum absolute atomic E-state index is 6.18. The molecule has 0 aliphatic heterocycles. The second-order valence-corrected chi connectivity index (χ2v) is 7.99. The molecule has 0 bridgehead atoms. The third-order valence-corrected chi connectivity index (χ3v) is 5.44. The smallest absolute Gasteiger partial charge is 0.232 e. The molecule has 2 aromatic carbocycles. The van der Waals surface area contributed by atoms with E-state index in [1.54, 1.807) is 6.20 Å². The fourth-order valence-electron chi connectivity index (χ4n) is 2.99. The van der Waals surface area contributed by atoms with Gasteiger partial charge in [-0.05, 0) is 72.0 Å². The molecule has 0 aliphatic rings. The van der Waals surface area contributed by atoms with Gasteiger partial charge in [0.1, 0.15) is 5.75 Å². The fourth-order valence-corrected chi connectivity index (χ4v) is 3.57. The number of aryl methyl sites for hydroxylation is 1. The second kappa shape index (κ2) is 8.44. The maximum atomic E-state index is 6.18. The Kier molecular flexibility index (Phi) is 5.74. The number of ether oxygens (including phenoxy) is 1. The molecule has 0 amide bonds. The lowest BCUT2D eigenvalue weighted by Gasteiger charge is -2.10. The van der Waals surface area contributed by atoms with Crippen LogP contribution in [0.15, 0.2) is 54.7 Å². The van der Waals surface area contributed by atoms with Crippen molar-refractivity contribution >= 4 is 45.1 Å². The Morgan fingerprint density at radius 2 is 1.97 bits per heavy atom. The van der Waals surface area contributed by atoms with Crippen molar-refractivity contribution in [2.45, 2.75) is 20.3 Å². The number of rotatable bonds is 3.